The van der Waals surface area contributed by atoms with Gasteiger partial charge in [0, 0.05) is 12.4 Å². The molecule has 0 heterocycles. The Morgan fingerprint density at radius 1 is 0.955 bits per heavy atom. The van der Waals surface area contributed by atoms with E-state index in [9.17, 15) is 4.57 Å². The largest absolute Gasteiger partial charge is 0.494 e. The Kier molecular flexibility index (Phi) is 5.51. The van der Waals surface area contributed by atoms with E-state index in [0.29, 0.717) is 12.4 Å². The van der Waals surface area contributed by atoms with Gasteiger partial charge < -0.3 is 14.3 Å². The topological polar surface area (TPSA) is 47.6 Å². The molecule has 0 aliphatic carbocycles. The van der Waals surface area contributed by atoms with Crippen molar-refractivity contribution in [1.29, 1.82) is 0 Å². The average Bonchev–Trinajstić information content (AvgIpc) is 2.49. The van der Waals surface area contributed by atoms with Crippen molar-refractivity contribution in [2.75, 3.05) is 18.4 Å². The van der Waals surface area contributed by atoms with Crippen LogP contribution in [0.2, 0.25) is 0 Å². The number of hydrogen-bond acceptors (Lipinski definition) is 3. The van der Waals surface area contributed by atoms with E-state index in [2.05, 4.69) is 12.0 Å². The molecular weight excluding hydrogens is 297 g/mol. The van der Waals surface area contributed by atoms with Gasteiger partial charge in [-0.3, -0.25) is 4.57 Å². The first-order valence-corrected chi connectivity index (χ1v) is 9.47. The lowest BCUT2D eigenvalue weighted by Crippen LogP contribution is -2.02. The van der Waals surface area contributed by atoms with E-state index in [1.54, 1.807) is 6.66 Å². The zero-order valence-corrected chi connectivity index (χ0v) is 14.1. The van der Waals surface area contributed by atoms with Crippen molar-refractivity contribution in [3.63, 3.8) is 0 Å². The standard InChI is InChI=1S/C17H22NO3P/c1-4-14-6-10-17(11-7-14)21-22(3,19)18-15-8-12-16(13-9-15)20-5-2/h6-13H,4-5H2,1-3H3,(H,18,19). The fraction of sp³-hybridized carbons (Fsp3) is 0.294. The van der Waals surface area contributed by atoms with E-state index >= 15 is 0 Å². The van der Waals surface area contributed by atoms with E-state index in [1.807, 2.05) is 55.5 Å². The van der Waals surface area contributed by atoms with Crippen LogP contribution in [-0.4, -0.2) is 13.3 Å². The Bertz CT molecular complexity index is 638. The number of anilines is 1. The second-order valence-corrected chi connectivity index (χ2v) is 7.10. The van der Waals surface area contributed by atoms with Gasteiger partial charge >= 0.3 is 7.52 Å². The van der Waals surface area contributed by atoms with Gasteiger partial charge in [0.1, 0.15) is 11.5 Å². The zero-order valence-electron chi connectivity index (χ0n) is 13.2. The molecule has 1 atom stereocenters. The van der Waals surface area contributed by atoms with Gasteiger partial charge in [-0.2, -0.15) is 0 Å². The molecule has 22 heavy (non-hydrogen) atoms. The number of ether oxygens (including phenoxy) is 1. The minimum Gasteiger partial charge on any atom is -0.494 e. The maximum Gasteiger partial charge on any atom is 0.338 e. The molecule has 118 valence electrons. The normalized spacial score (nSPS) is 13.2. The molecule has 0 radical (unpaired) electrons. The molecule has 2 aromatic carbocycles. The van der Waals surface area contributed by atoms with Crippen molar-refractivity contribution in [3.05, 3.63) is 54.1 Å². The van der Waals surface area contributed by atoms with Crippen molar-refractivity contribution >= 4 is 13.2 Å². The lowest BCUT2D eigenvalue weighted by atomic mass is 10.2. The SMILES string of the molecule is CCOc1ccc(NP(C)(=O)Oc2ccc(CC)cc2)cc1. The summed E-state index contributed by atoms with van der Waals surface area (Å²) in [6.45, 7) is 6.21. The average molecular weight is 319 g/mol. The van der Waals surface area contributed by atoms with E-state index < -0.39 is 7.52 Å². The molecule has 0 amide bonds. The molecule has 0 fully saturated rings. The molecule has 0 spiro atoms. The Morgan fingerprint density at radius 2 is 1.55 bits per heavy atom. The van der Waals surface area contributed by atoms with Crippen molar-refractivity contribution in [2.45, 2.75) is 20.3 Å². The van der Waals surface area contributed by atoms with E-state index in [4.69, 9.17) is 9.26 Å². The lowest BCUT2D eigenvalue weighted by molar-refractivity contribution is 0.340. The highest BCUT2D eigenvalue weighted by atomic mass is 31.2. The van der Waals surface area contributed by atoms with Crippen LogP contribution in [0.15, 0.2) is 48.5 Å². The van der Waals surface area contributed by atoms with Crippen LogP contribution in [0.3, 0.4) is 0 Å². The zero-order chi connectivity index (χ0) is 16.0. The van der Waals surface area contributed by atoms with Crippen LogP contribution < -0.4 is 14.3 Å². The maximum atomic E-state index is 12.6. The minimum absolute atomic E-state index is 0.599. The van der Waals surface area contributed by atoms with Crippen LogP contribution in [-0.2, 0) is 11.0 Å². The van der Waals surface area contributed by atoms with Crippen LogP contribution >= 0.6 is 7.52 Å². The monoisotopic (exact) mass is 319 g/mol. The van der Waals surface area contributed by atoms with Crippen molar-refractivity contribution in [2.24, 2.45) is 0 Å². The van der Waals surface area contributed by atoms with Crippen molar-refractivity contribution in [1.82, 2.24) is 0 Å². The molecule has 1 N–H and O–H groups in total. The predicted molar refractivity (Wildman–Crippen MR) is 91.2 cm³/mol. The summed E-state index contributed by atoms with van der Waals surface area (Å²) in [6, 6.07) is 15.0. The number of benzene rings is 2. The number of aryl methyl sites for hydroxylation is 1. The summed E-state index contributed by atoms with van der Waals surface area (Å²) in [5, 5.41) is 2.94. The summed E-state index contributed by atoms with van der Waals surface area (Å²) < 4.78 is 23.5. The van der Waals surface area contributed by atoms with Gasteiger partial charge in [-0.1, -0.05) is 19.1 Å². The number of rotatable bonds is 7. The molecule has 1 unspecified atom stereocenters. The van der Waals surface area contributed by atoms with Crippen LogP contribution in [0.25, 0.3) is 0 Å². The first kappa shape index (κ1) is 16.4. The molecule has 0 aliphatic rings. The highest BCUT2D eigenvalue weighted by molar-refractivity contribution is 7.60. The molecule has 0 bridgehead atoms. The summed E-state index contributed by atoms with van der Waals surface area (Å²) in [7, 11) is -2.98. The lowest BCUT2D eigenvalue weighted by Gasteiger charge is -2.18. The summed E-state index contributed by atoms with van der Waals surface area (Å²) in [5.74, 6) is 1.39. The fourth-order valence-electron chi connectivity index (χ4n) is 2.04. The third-order valence-electron chi connectivity index (χ3n) is 3.11. The van der Waals surface area contributed by atoms with Gasteiger partial charge in [-0.05, 0) is 55.3 Å². The van der Waals surface area contributed by atoms with Gasteiger partial charge in [-0.25, -0.2) is 0 Å². The molecule has 0 aliphatic heterocycles. The highest BCUT2D eigenvalue weighted by Crippen LogP contribution is 2.43. The highest BCUT2D eigenvalue weighted by Gasteiger charge is 2.17. The minimum atomic E-state index is -2.98. The van der Waals surface area contributed by atoms with E-state index in [-0.39, 0.29) is 0 Å². The van der Waals surface area contributed by atoms with Crippen molar-refractivity contribution in [3.8, 4) is 11.5 Å². The molecule has 0 aromatic heterocycles. The summed E-state index contributed by atoms with van der Waals surface area (Å²) in [4.78, 5) is 0. The fourth-order valence-corrected chi connectivity index (χ4v) is 3.22. The molecule has 4 nitrogen and oxygen atoms in total. The first-order chi connectivity index (χ1) is 10.5. The molecular formula is C17H22NO3P. The van der Waals surface area contributed by atoms with Crippen LogP contribution in [0, 0.1) is 0 Å². The quantitative estimate of drug-likeness (QED) is 0.733. The van der Waals surface area contributed by atoms with Gasteiger partial charge in [0.05, 0.1) is 6.61 Å². The summed E-state index contributed by atoms with van der Waals surface area (Å²) in [5.41, 5.74) is 1.96. The third-order valence-corrected chi connectivity index (χ3v) is 4.33. The molecule has 0 saturated heterocycles. The van der Waals surface area contributed by atoms with Gasteiger partial charge in [-0.15, -0.1) is 0 Å². The summed E-state index contributed by atoms with van der Waals surface area (Å²) >= 11 is 0. The summed E-state index contributed by atoms with van der Waals surface area (Å²) in [6.07, 6.45) is 0.967. The van der Waals surface area contributed by atoms with Crippen LogP contribution in [0.4, 0.5) is 5.69 Å². The molecule has 2 rings (SSSR count). The van der Waals surface area contributed by atoms with Gasteiger partial charge in [0.15, 0.2) is 0 Å². The Labute approximate surface area is 132 Å². The smallest absolute Gasteiger partial charge is 0.338 e. The van der Waals surface area contributed by atoms with Gasteiger partial charge in [0.2, 0.25) is 0 Å². The van der Waals surface area contributed by atoms with Crippen molar-refractivity contribution < 1.29 is 13.8 Å². The Morgan fingerprint density at radius 3 is 2.09 bits per heavy atom. The Balaban J connectivity index is 2.01. The van der Waals surface area contributed by atoms with E-state index in [1.165, 1.54) is 5.56 Å². The van der Waals surface area contributed by atoms with E-state index in [0.717, 1.165) is 17.9 Å². The number of nitrogens with one attached hydrogen (secondary N) is 1. The molecule has 0 saturated carbocycles. The molecule has 2 aromatic rings. The van der Waals surface area contributed by atoms with Gasteiger partial charge in [0.25, 0.3) is 0 Å². The van der Waals surface area contributed by atoms with Crippen LogP contribution in [0.1, 0.15) is 19.4 Å². The Hall–Kier alpha value is -1.93. The predicted octanol–water partition coefficient (Wildman–Crippen LogP) is 4.96. The van der Waals surface area contributed by atoms with Crippen LogP contribution in [0.5, 0.6) is 11.5 Å². The first-order valence-electron chi connectivity index (χ1n) is 7.39. The second-order valence-electron chi connectivity index (χ2n) is 5.00. The second kappa shape index (κ2) is 7.37. The third kappa shape index (κ3) is 4.81. The number of hydrogen-bond donors (Lipinski definition) is 1. The molecule has 5 heteroatoms. The maximum absolute atomic E-state index is 12.6.